The minimum atomic E-state index is -3.60. The number of amides is 1. The van der Waals surface area contributed by atoms with Gasteiger partial charge in [0.2, 0.25) is 10.0 Å². The number of nitrogens with zero attached hydrogens (tertiary/aromatic N) is 4. The number of hydrogen-bond donors (Lipinski definition) is 1. The van der Waals surface area contributed by atoms with Crippen molar-refractivity contribution < 1.29 is 18.3 Å². The van der Waals surface area contributed by atoms with E-state index in [1.165, 1.54) is 18.1 Å². The van der Waals surface area contributed by atoms with Crippen LogP contribution in [0.4, 0.5) is 5.69 Å². The van der Waals surface area contributed by atoms with E-state index in [0.717, 1.165) is 10.6 Å². The maximum atomic E-state index is 12.5. The van der Waals surface area contributed by atoms with Crippen molar-refractivity contribution in [3.8, 4) is 11.8 Å². The number of sulfonamides is 1. The van der Waals surface area contributed by atoms with Gasteiger partial charge in [-0.2, -0.15) is 5.26 Å². The zero-order valence-corrected chi connectivity index (χ0v) is 13.8. The number of phenolic OH excluding ortho intramolecular Hbond substituents is 1. The Morgan fingerprint density at radius 2 is 2.21 bits per heavy atom. The van der Waals surface area contributed by atoms with Crippen LogP contribution in [0.3, 0.4) is 0 Å². The van der Waals surface area contributed by atoms with Crippen molar-refractivity contribution in [2.45, 2.75) is 6.54 Å². The third-order valence-electron chi connectivity index (χ3n) is 4.04. The number of aromatic hydroxyl groups is 1. The Kier molecular flexibility index (Phi) is 3.57. The minimum Gasteiger partial charge on any atom is -0.505 e. The minimum absolute atomic E-state index is 0.00181. The maximum absolute atomic E-state index is 12.5. The first kappa shape index (κ1) is 16.0. The summed E-state index contributed by atoms with van der Waals surface area (Å²) in [5, 5.41) is 19.8. The number of aromatic nitrogens is 1. The van der Waals surface area contributed by atoms with E-state index in [1.807, 2.05) is 6.07 Å². The van der Waals surface area contributed by atoms with E-state index in [4.69, 9.17) is 5.26 Å². The molecule has 0 aliphatic carbocycles. The summed E-state index contributed by atoms with van der Waals surface area (Å²) in [4.78, 5) is 17.8. The molecule has 9 heteroatoms. The van der Waals surface area contributed by atoms with E-state index in [9.17, 15) is 18.3 Å². The van der Waals surface area contributed by atoms with Gasteiger partial charge in [0.1, 0.15) is 12.1 Å². The molecule has 1 aliphatic rings. The van der Waals surface area contributed by atoms with Crippen molar-refractivity contribution in [1.82, 2.24) is 9.88 Å². The number of pyridine rings is 1. The molecule has 0 fully saturated rings. The molecule has 2 aromatic rings. The molecule has 0 saturated carbocycles. The highest BCUT2D eigenvalue weighted by Gasteiger charge is 2.36. The lowest BCUT2D eigenvalue weighted by Crippen LogP contribution is -2.26. The Balaban J connectivity index is 2.41. The molecule has 3 rings (SSSR count). The summed E-state index contributed by atoms with van der Waals surface area (Å²) in [6, 6.07) is 5.15. The molecule has 0 saturated heterocycles. The molecule has 0 radical (unpaired) electrons. The van der Waals surface area contributed by atoms with Gasteiger partial charge in [-0.1, -0.05) is 0 Å². The second-order valence-electron chi connectivity index (χ2n) is 5.50. The molecule has 1 N–H and O–H groups in total. The number of rotatable bonds is 3. The van der Waals surface area contributed by atoms with Gasteiger partial charge in [-0.3, -0.25) is 14.1 Å². The van der Waals surface area contributed by atoms with E-state index in [0.29, 0.717) is 16.6 Å². The molecule has 8 nitrogen and oxygen atoms in total. The molecule has 1 aliphatic heterocycles. The highest BCUT2D eigenvalue weighted by Crippen LogP contribution is 2.43. The lowest BCUT2D eigenvalue weighted by molar-refractivity contribution is 0.0796. The number of phenols is 1. The van der Waals surface area contributed by atoms with Crippen molar-refractivity contribution in [2.24, 2.45) is 0 Å². The highest BCUT2D eigenvalue weighted by molar-refractivity contribution is 7.92. The lowest BCUT2D eigenvalue weighted by Gasteiger charge is -2.22. The molecule has 24 heavy (non-hydrogen) atoms. The summed E-state index contributed by atoms with van der Waals surface area (Å²) < 4.78 is 25.2. The molecule has 0 unspecified atom stereocenters. The number of carbonyl (C=O) groups is 1. The first-order chi connectivity index (χ1) is 11.3. The van der Waals surface area contributed by atoms with Crippen molar-refractivity contribution in [3.63, 3.8) is 0 Å². The van der Waals surface area contributed by atoms with E-state index < -0.39 is 15.9 Å². The number of hydrogen-bond acceptors (Lipinski definition) is 6. The fraction of sp³-hybridized carbons (Fsp3) is 0.267. The molecule has 124 valence electrons. The fourth-order valence-corrected chi connectivity index (χ4v) is 3.41. The number of benzene rings is 1. The van der Waals surface area contributed by atoms with Crippen molar-refractivity contribution in [3.05, 3.63) is 29.5 Å². The van der Waals surface area contributed by atoms with Gasteiger partial charge in [-0.25, -0.2) is 8.42 Å². The quantitative estimate of drug-likeness (QED) is 0.823. The summed E-state index contributed by atoms with van der Waals surface area (Å²) in [5.74, 6) is -0.809. The zero-order chi connectivity index (χ0) is 17.6. The van der Waals surface area contributed by atoms with Crippen LogP contribution in [-0.4, -0.2) is 49.2 Å². The topological polar surface area (TPSA) is 115 Å². The molecular formula is C15H14N4O4S. The molecular weight excluding hydrogens is 332 g/mol. The van der Waals surface area contributed by atoms with Crippen LogP contribution >= 0.6 is 0 Å². The smallest absolute Gasteiger partial charge is 0.259 e. The molecule has 0 spiro atoms. The standard InChI is InChI=1S/C15H14N4O4S/c1-18(24(2,22)23)13-9-4-3-6-17-12(9)14(20)11-10(13)8-19(7-5-16)15(11)21/h3-4,6,20H,7-8H2,1-2H3. The summed E-state index contributed by atoms with van der Waals surface area (Å²) in [5.41, 5.74) is 0.819. The van der Waals surface area contributed by atoms with Crippen molar-refractivity contribution >= 4 is 32.5 Å². The zero-order valence-electron chi connectivity index (χ0n) is 13.0. The molecule has 0 bridgehead atoms. The van der Waals surface area contributed by atoms with Gasteiger partial charge in [0, 0.05) is 24.2 Å². The normalized spacial score (nSPS) is 13.9. The van der Waals surface area contributed by atoms with Gasteiger partial charge in [0.05, 0.1) is 30.1 Å². The van der Waals surface area contributed by atoms with Crippen LogP contribution in [0.1, 0.15) is 15.9 Å². The average Bonchev–Trinajstić information content (AvgIpc) is 2.84. The third kappa shape index (κ3) is 2.23. The van der Waals surface area contributed by atoms with Crippen LogP contribution in [0.5, 0.6) is 5.75 Å². The number of carbonyl (C=O) groups excluding carboxylic acids is 1. The number of fused-ring (bicyclic) bond motifs is 2. The predicted molar refractivity (Wildman–Crippen MR) is 87.0 cm³/mol. The second-order valence-corrected chi connectivity index (χ2v) is 7.51. The summed E-state index contributed by atoms with van der Waals surface area (Å²) in [6.07, 6.45) is 2.50. The Hall–Kier alpha value is -2.86. The van der Waals surface area contributed by atoms with Crippen molar-refractivity contribution in [1.29, 1.82) is 5.26 Å². The second kappa shape index (κ2) is 5.35. The van der Waals surface area contributed by atoms with Gasteiger partial charge in [0.15, 0.2) is 5.75 Å². The molecule has 1 amide bonds. The fourth-order valence-electron chi connectivity index (χ4n) is 2.87. The summed E-state index contributed by atoms with van der Waals surface area (Å²) >= 11 is 0. The Labute approximate surface area is 138 Å². The Morgan fingerprint density at radius 3 is 2.83 bits per heavy atom. The molecule has 2 heterocycles. The largest absolute Gasteiger partial charge is 0.505 e. The van der Waals surface area contributed by atoms with Crippen LogP contribution in [0.2, 0.25) is 0 Å². The number of anilines is 1. The van der Waals surface area contributed by atoms with E-state index >= 15 is 0 Å². The number of nitriles is 1. The predicted octanol–water partition coefficient (Wildman–Crippen LogP) is 0.816. The summed E-state index contributed by atoms with van der Waals surface area (Å²) in [7, 11) is -2.22. The van der Waals surface area contributed by atoms with Gasteiger partial charge < -0.3 is 10.0 Å². The molecule has 1 aromatic heterocycles. The van der Waals surface area contributed by atoms with Gasteiger partial charge in [-0.05, 0) is 12.1 Å². The van der Waals surface area contributed by atoms with Crippen LogP contribution in [0.15, 0.2) is 18.3 Å². The average molecular weight is 346 g/mol. The highest BCUT2D eigenvalue weighted by atomic mass is 32.2. The van der Waals surface area contributed by atoms with E-state index in [-0.39, 0.29) is 29.9 Å². The monoisotopic (exact) mass is 346 g/mol. The van der Waals surface area contributed by atoms with E-state index in [1.54, 1.807) is 12.1 Å². The lowest BCUT2D eigenvalue weighted by atomic mass is 10.0. The SMILES string of the molecule is CN(c1c2c(c(O)c3ncccc13)C(=O)N(CC#N)C2)S(C)(=O)=O. The van der Waals surface area contributed by atoms with Crippen LogP contribution < -0.4 is 4.31 Å². The van der Waals surface area contributed by atoms with Crippen LogP contribution in [0, 0.1) is 11.3 Å². The van der Waals surface area contributed by atoms with Crippen LogP contribution in [-0.2, 0) is 16.6 Å². The van der Waals surface area contributed by atoms with Crippen molar-refractivity contribution in [2.75, 3.05) is 24.2 Å². The van der Waals surface area contributed by atoms with Gasteiger partial charge in [0.25, 0.3) is 5.91 Å². The maximum Gasteiger partial charge on any atom is 0.259 e. The molecule has 0 atom stereocenters. The third-order valence-corrected chi connectivity index (χ3v) is 5.21. The van der Waals surface area contributed by atoms with E-state index in [2.05, 4.69) is 4.98 Å². The molecule has 1 aromatic carbocycles. The Bertz CT molecular complexity index is 1010. The van der Waals surface area contributed by atoms with Gasteiger partial charge in [-0.15, -0.1) is 0 Å². The first-order valence-electron chi connectivity index (χ1n) is 7.00. The summed E-state index contributed by atoms with van der Waals surface area (Å²) in [6.45, 7) is -0.103. The first-order valence-corrected chi connectivity index (χ1v) is 8.84. The Morgan fingerprint density at radius 1 is 1.50 bits per heavy atom. The van der Waals surface area contributed by atoms with Gasteiger partial charge >= 0.3 is 0 Å². The van der Waals surface area contributed by atoms with Crippen LogP contribution in [0.25, 0.3) is 10.9 Å².